The number of benzene rings is 1. The van der Waals surface area contributed by atoms with Gasteiger partial charge in [0.05, 0.1) is 13.2 Å². The molecule has 15 heavy (non-hydrogen) atoms. The van der Waals surface area contributed by atoms with Crippen LogP contribution in [0.3, 0.4) is 0 Å². The van der Waals surface area contributed by atoms with Gasteiger partial charge in [0.15, 0.2) is 0 Å². The van der Waals surface area contributed by atoms with E-state index < -0.39 is 6.10 Å². The molecule has 84 valence electrons. The third kappa shape index (κ3) is 2.70. The lowest BCUT2D eigenvalue weighted by Crippen LogP contribution is -2.25. The highest BCUT2D eigenvalue weighted by Gasteiger charge is 2.20. The van der Waals surface area contributed by atoms with Gasteiger partial charge in [0.1, 0.15) is 5.75 Å². The molecular formula is C12H19NO2. The van der Waals surface area contributed by atoms with Crippen molar-refractivity contribution in [3.63, 3.8) is 0 Å². The zero-order valence-electron chi connectivity index (χ0n) is 9.31. The molecule has 0 aliphatic rings. The molecule has 1 aromatic rings. The Bertz CT molecular complexity index is 301. The van der Waals surface area contributed by atoms with Gasteiger partial charge < -0.3 is 15.6 Å². The summed E-state index contributed by atoms with van der Waals surface area (Å²) in [5, 5.41) is 9.86. The lowest BCUT2D eigenvalue weighted by Gasteiger charge is -2.22. The van der Waals surface area contributed by atoms with E-state index in [-0.39, 0.29) is 5.92 Å². The van der Waals surface area contributed by atoms with Crippen LogP contribution >= 0.6 is 0 Å². The van der Waals surface area contributed by atoms with Gasteiger partial charge in [-0.1, -0.05) is 25.1 Å². The van der Waals surface area contributed by atoms with E-state index in [4.69, 9.17) is 10.5 Å². The molecule has 0 saturated carbocycles. The number of hydrogen-bond acceptors (Lipinski definition) is 3. The number of ether oxygens (including phenoxy) is 1. The second-order valence-corrected chi connectivity index (χ2v) is 3.56. The Kier molecular flexibility index (Phi) is 4.59. The molecule has 2 atom stereocenters. The maximum Gasteiger partial charge on any atom is 0.122 e. The molecule has 3 N–H and O–H groups in total. The Morgan fingerprint density at radius 3 is 2.60 bits per heavy atom. The van der Waals surface area contributed by atoms with Gasteiger partial charge in [-0.3, -0.25) is 0 Å². The molecule has 2 unspecified atom stereocenters. The average Bonchev–Trinajstić information content (AvgIpc) is 2.30. The van der Waals surface area contributed by atoms with E-state index in [1.165, 1.54) is 0 Å². The minimum absolute atomic E-state index is 0.0499. The molecule has 0 aliphatic heterocycles. The van der Waals surface area contributed by atoms with Crippen LogP contribution in [0, 0.1) is 0 Å². The fourth-order valence-electron chi connectivity index (χ4n) is 1.75. The molecule has 0 amide bonds. The average molecular weight is 209 g/mol. The van der Waals surface area contributed by atoms with Crippen molar-refractivity contribution >= 4 is 0 Å². The Hall–Kier alpha value is -1.06. The lowest BCUT2D eigenvalue weighted by molar-refractivity contribution is 0.140. The zero-order valence-corrected chi connectivity index (χ0v) is 9.31. The summed E-state index contributed by atoms with van der Waals surface area (Å²) < 4.78 is 5.26. The SMILES string of the molecule is CCC(O)C(CN)c1ccccc1OC. The van der Waals surface area contributed by atoms with Crippen LogP contribution < -0.4 is 10.5 Å². The van der Waals surface area contributed by atoms with E-state index in [0.29, 0.717) is 13.0 Å². The van der Waals surface area contributed by atoms with E-state index >= 15 is 0 Å². The molecule has 0 saturated heterocycles. The van der Waals surface area contributed by atoms with Gasteiger partial charge in [-0.25, -0.2) is 0 Å². The molecular weight excluding hydrogens is 190 g/mol. The first-order valence-electron chi connectivity index (χ1n) is 5.25. The van der Waals surface area contributed by atoms with Crippen LogP contribution in [-0.2, 0) is 0 Å². The van der Waals surface area contributed by atoms with Gasteiger partial charge in [0.2, 0.25) is 0 Å². The van der Waals surface area contributed by atoms with Crippen LogP contribution in [-0.4, -0.2) is 24.9 Å². The molecule has 0 heterocycles. The smallest absolute Gasteiger partial charge is 0.122 e. The van der Waals surface area contributed by atoms with Gasteiger partial charge in [-0.05, 0) is 12.5 Å². The normalized spacial score (nSPS) is 14.7. The van der Waals surface area contributed by atoms with E-state index in [9.17, 15) is 5.11 Å². The number of hydrogen-bond donors (Lipinski definition) is 2. The summed E-state index contributed by atoms with van der Waals surface area (Å²) in [5.41, 5.74) is 6.67. The lowest BCUT2D eigenvalue weighted by atomic mass is 9.91. The highest BCUT2D eigenvalue weighted by atomic mass is 16.5. The van der Waals surface area contributed by atoms with Crippen LogP contribution in [0.2, 0.25) is 0 Å². The predicted octanol–water partition coefficient (Wildman–Crippen LogP) is 1.51. The summed E-state index contributed by atoms with van der Waals surface area (Å²) in [6.07, 6.45) is 0.284. The third-order valence-electron chi connectivity index (χ3n) is 2.68. The van der Waals surface area contributed by atoms with Crippen LogP contribution in [0.15, 0.2) is 24.3 Å². The fraction of sp³-hybridized carbons (Fsp3) is 0.500. The summed E-state index contributed by atoms with van der Waals surface area (Å²) in [5.74, 6) is 0.742. The van der Waals surface area contributed by atoms with Crippen LogP contribution in [0.25, 0.3) is 0 Å². The molecule has 0 aromatic heterocycles. The molecule has 0 bridgehead atoms. The van der Waals surface area contributed by atoms with E-state index in [1.807, 2.05) is 31.2 Å². The zero-order chi connectivity index (χ0) is 11.3. The van der Waals surface area contributed by atoms with Gasteiger partial charge in [0.25, 0.3) is 0 Å². The van der Waals surface area contributed by atoms with E-state index in [0.717, 1.165) is 11.3 Å². The van der Waals surface area contributed by atoms with Gasteiger partial charge in [-0.2, -0.15) is 0 Å². The van der Waals surface area contributed by atoms with E-state index in [1.54, 1.807) is 7.11 Å². The largest absolute Gasteiger partial charge is 0.496 e. The van der Waals surface area contributed by atoms with Crippen molar-refractivity contribution in [3.8, 4) is 5.75 Å². The summed E-state index contributed by atoms with van der Waals surface area (Å²) in [6.45, 7) is 2.37. The molecule has 0 spiro atoms. The van der Waals surface area contributed by atoms with Crippen LogP contribution in [0.5, 0.6) is 5.75 Å². The summed E-state index contributed by atoms with van der Waals surface area (Å²) in [7, 11) is 1.63. The number of para-hydroxylation sites is 1. The second kappa shape index (κ2) is 5.73. The Morgan fingerprint density at radius 2 is 2.07 bits per heavy atom. The van der Waals surface area contributed by atoms with Crippen molar-refractivity contribution in [1.82, 2.24) is 0 Å². The van der Waals surface area contributed by atoms with Crippen molar-refractivity contribution in [3.05, 3.63) is 29.8 Å². The number of nitrogens with two attached hydrogens (primary N) is 1. The summed E-state index contributed by atoms with van der Waals surface area (Å²) in [4.78, 5) is 0. The first kappa shape index (κ1) is 12.0. The van der Waals surface area contributed by atoms with Crippen molar-refractivity contribution in [2.24, 2.45) is 5.73 Å². The Morgan fingerprint density at radius 1 is 1.40 bits per heavy atom. The maximum atomic E-state index is 9.86. The highest BCUT2D eigenvalue weighted by molar-refractivity contribution is 5.37. The topological polar surface area (TPSA) is 55.5 Å². The van der Waals surface area contributed by atoms with Gasteiger partial charge in [-0.15, -0.1) is 0 Å². The molecule has 0 aliphatic carbocycles. The molecule has 3 heteroatoms. The quantitative estimate of drug-likeness (QED) is 0.772. The first-order chi connectivity index (χ1) is 7.24. The summed E-state index contributed by atoms with van der Waals surface area (Å²) in [6, 6.07) is 7.69. The molecule has 0 fully saturated rings. The Balaban J connectivity index is 3.00. The minimum atomic E-state index is -0.411. The maximum absolute atomic E-state index is 9.86. The first-order valence-corrected chi connectivity index (χ1v) is 5.25. The van der Waals surface area contributed by atoms with Crippen LogP contribution in [0.1, 0.15) is 24.8 Å². The fourth-order valence-corrected chi connectivity index (χ4v) is 1.75. The molecule has 3 nitrogen and oxygen atoms in total. The number of aliphatic hydroxyl groups excluding tert-OH is 1. The number of aliphatic hydroxyl groups is 1. The van der Waals surface area contributed by atoms with Gasteiger partial charge >= 0.3 is 0 Å². The van der Waals surface area contributed by atoms with Crippen molar-refractivity contribution in [1.29, 1.82) is 0 Å². The molecule has 1 rings (SSSR count). The predicted molar refractivity (Wildman–Crippen MR) is 61.1 cm³/mol. The van der Waals surface area contributed by atoms with Crippen molar-refractivity contribution in [2.45, 2.75) is 25.4 Å². The highest BCUT2D eigenvalue weighted by Crippen LogP contribution is 2.29. The standard InChI is InChI=1S/C12H19NO2/c1-3-11(14)10(8-13)9-6-4-5-7-12(9)15-2/h4-7,10-11,14H,3,8,13H2,1-2H3. The van der Waals surface area contributed by atoms with E-state index in [2.05, 4.69) is 0 Å². The van der Waals surface area contributed by atoms with Crippen molar-refractivity contribution in [2.75, 3.05) is 13.7 Å². The van der Waals surface area contributed by atoms with Crippen LogP contribution in [0.4, 0.5) is 0 Å². The number of methoxy groups -OCH3 is 1. The monoisotopic (exact) mass is 209 g/mol. The Labute approximate surface area is 90.9 Å². The molecule has 1 aromatic carbocycles. The minimum Gasteiger partial charge on any atom is -0.496 e. The number of rotatable bonds is 5. The second-order valence-electron chi connectivity index (χ2n) is 3.56. The summed E-state index contributed by atoms with van der Waals surface area (Å²) >= 11 is 0. The van der Waals surface area contributed by atoms with Crippen molar-refractivity contribution < 1.29 is 9.84 Å². The molecule has 0 radical (unpaired) electrons. The van der Waals surface area contributed by atoms with Gasteiger partial charge in [0, 0.05) is 18.0 Å². The third-order valence-corrected chi connectivity index (χ3v) is 2.68.